The van der Waals surface area contributed by atoms with Crippen molar-refractivity contribution in [3.8, 4) is 0 Å². The van der Waals surface area contributed by atoms with Crippen LogP contribution >= 0.6 is 0 Å². The summed E-state index contributed by atoms with van der Waals surface area (Å²) in [5, 5.41) is 10.6. The second kappa shape index (κ2) is 6.05. The highest BCUT2D eigenvalue weighted by atomic mass is 16.2. The molecule has 0 spiro atoms. The fourth-order valence-electron chi connectivity index (χ4n) is 1.27. The van der Waals surface area contributed by atoms with Crippen molar-refractivity contribution in [1.29, 1.82) is 0 Å². The van der Waals surface area contributed by atoms with Gasteiger partial charge in [0.25, 0.3) is 5.91 Å². The first kappa shape index (κ1) is 12.4. The highest BCUT2D eigenvalue weighted by Crippen LogP contribution is 2.04. The average molecular weight is 222 g/mol. The zero-order valence-corrected chi connectivity index (χ0v) is 10.0. The van der Waals surface area contributed by atoms with Gasteiger partial charge in [-0.1, -0.05) is 13.3 Å². The van der Waals surface area contributed by atoms with Gasteiger partial charge in [-0.3, -0.25) is 4.79 Å². The van der Waals surface area contributed by atoms with E-state index in [9.17, 15) is 4.79 Å². The number of amides is 1. The van der Waals surface area contributed by atoms with E-state index in [4.69, 9.17) is 0 Å². The van der Waals surface area contributed by atoms with Gasteiger partial charge >= 0.3 is 0 Å². The second-order valence-corrected chi connectivity index (χ2v) is 3.63. The minimum Gasteiger partial charge on any atom is -0.372 e. The van der Waals surface area contributed by atoms with Crippen LogP contribution in [0.3, 0.4) is 0 Å². The van der Waals surface area contributed by atoms with Gasteiger partial charge < -0.3 is 10.2 Å². The number of hydrogen-bond acceptors (Lipinski definition) is 4. The lowest BCUT2D eigenvalue weighted by Crippen LogP contribution is -2.28. The van der Waals surface area contributed by atoms with Crippen molar-refractivity contribution in [3.63, 3.8) is 0 Å². The fourth-order valence-corrected chi connectivity index (χ4v) is 1.27. The molecule has 0 aromatic carbocycles. The standard InChI is InChI=1S/C11H18N4O/c1-4-5-8-15(3)11(16)9-6-7-10(12-2)14-13-9/h6-7H,4-5,8H2,1-3H3,(H,12,14). The summed E-state index contributed by atoms with van der Waals surface area (Å²) in [4.78, 5) is 13.5. The summed E-state index contributed by atoms with van der Waals surface area (Å²) in [7, 11) is 3.55. The number of unbranched alkanes of at least 4 members (excludes halogenated alkanes) is 1. The zero-order valence-electron chi connectivity index (χ0n) is 10.0. The summed E-state index contributed by atoms with van der Waals surface area (Å²) < 4.78 is 0. The summed E-state index contributed by atoms with van der Waals surface area (Å²) in [6.07, 6.45) is 2.08. The molecule has 0 fully saturated rings. The Morgan fingerprint density at radius 2 is 2.19 bits per heavy atom. The normalized spacial score (nSPS) is 9.94. The van der Waals surface area contributed by atoms with Crippen molar-refractivity contribution < 1.29 is 4.79 Å². The van der Waals surface area contributed by atoms with E-state index in [2.05, 4.69) is 22.4 Å². The average Bonchev–Trinajstić information content (AvgIpc) is 2.35. The van der Waals surface area contributed by atoms with Crippen LogP contribution in [0, 0.1) is 0 Å². The van der Waals surface area contributed by atoms with E-state index in [-0.39, 0.29) is 5.91 Å². The lowest BCUT2D eigenvalue weighted by Gasteiger charge is -2.15. The molecule has 1 amide bonds. The number of anilines is 1. The summed E-state index contributed by atoms with van der Waals surface area (Å²) in [6, 6.07) is 3.43. The van der Waals surface area contributed by atoms with Crippen LogP contribution in [0.2, 0.25) is 0 Å². The summed E-state index contributed by atoms with van der Waals surface area (Å²) in [5.74, 6) is 0.580. The fraction of sp³-hybridized carbons (Fsp3) is 0.545. The Bertz CT molecular complexity index is 336. The number of carbonyl (C=O) groups is 1. The first-order chi connectivity index (χ1) is 7.69. The Morgan fingerprint density at radius 1 is 1.44 bits per heavy atom. The Hall–Kier alpha value is -1.65. The van der Waals surface area contributed by atoms with Crippen LogP contribution in [-0.4, -0.2) is 41.6 Å². The maximum Gasteiger partial charge on any atom is 0.274 e. The molecular formula is C11H18N4O. The molecule has 0 atom stereocenters. The van der Waals surface area contributed by atoms with Crippen LogP contribution in [0.15, 0.2) is 12.1 Å². The molecule has 0 aliphatic carbocycles. The van der Waals surface area contributed by atoms with Gasteiger partial charge in [0, 0.05) is 20.6 Å². The smallest absolute Gasteiger partial charge is 0.274 e. The molecule has 0 bridgehead atoms. The van der Waals surface area contributed by atoms with E-state index in [0.29, 0.717) is 11.5 Å². The van der Waals surface area contributed by atoms with Gasteiger partial charge in [-0.15, -0.1) is 10.2 Å². The molecule has 0 saturated carbocycles. The summed E-state index contributed by atoms with van der Waals surface area (Å²) in [6.45, 7) is 2.85. The van der Waals surface area contributed by atoms with Crippen molar-refractivity contribution in [3.05, 3.63) is 17.8 Å². The molecule has 1 aromatic heterocycles. The number of carbonyl (C=O) groups excluding carboxylic acids is 1. The Balaban J connectivity index is 2.64. The van der Waals surface area contributed by atoms with Crippen molar-refractivity contribution in [2.75, 3.05) is 26.0 Å². The molecule has 0 unspecified atom stereocenters. The molecule has 5 heteroatoms. The maximum absolute atomic E-state index is 11.9. The highest BCUT2D eigenvalue weighted by molar-refractivity contribution is 5.92. The van der Waals surface area contributed by atoms with Crippen molar-refractivity contribution >= 4 is 11.7 Å². The summed E-state index contributed by atoms with van der Waals surface area (Å²) in [5.41, 5.74) is 0.387. The van der Waals surface area contributed by atoms with Gasteiger partial charge in [-0.2, -0.15) is 0 Å². The van der Waals surface area contributed by atoms with Gasteiger partial charge in [0.15, 0.2) is 5.69 Å². The third kappa shape index (κ3) is 3.18. The third-order valence-corrected chi connectivity index (χ3v) is 2.33. The van der Waals surface area contributed by atoms with Crippen molar-refractivity contribution in [2.45, 2.75) is 19.8 Å². The van der Waals surface area contributed by atoms with Crippen molar-refractivity contribution in [2.24, 2.45) is 0 Å². The second-order valence-electron chi connectivity index (χ2n) is 3.63. The number of rotatable bonds is 5. The first-order valence-corrected chi connectivity index (χ1v) is 5.46. The lowest BCUT2D eigenvalue weighted by molar-refractivity contribution is 0.0786. The molecule has 0 radical (unpaired) electrons. The highest BCUT2D eigenvalue weighted by Gasteiger charge is 2.12. The molecule has 16 heavy (non-hydrogen) atoms. The van der Waals surface area contributed by atoms with Gasteiger partial charge in [0.2, 0.25) is 0 Å². The predicted octanol–water partition coefficient (Wildman–Crippen LogP) is 1.39. The number of aromatic nitrogens is 2. The largest absolute Gasteiger partial charge is 0.372 e. The molecule has 0 aliphatic heterocycles. The van der Waals surface area contributed by atoms with Crippen LogP contribution < -0.4 is 5.32 Å². The first-order valence-electron chi connectivity index (χ1n) is 5.46. The molecule has 0 saturated heterocycles. The third-order valence-electron chi connectivity index (χ3n) is 2.33. The number of nitrogens with zero attached hydrogens (tertiary/aromatic N) is 3. The lowest BCUT2D eigenvalue weighted by atomic mass is 10.3. The Kier molecular flexibility index (Phi) is 4.69. The zero-order chi connectivity index (χ0) is 12.0. The Labute approximate surface area is 95.9 Å². The van der Waals surface area contributed by atoms with E-state index in [1.807, 2.05) is 0 Å². The van der Waals surface area contributed by atoms with Crippen molar-refractivity contribution in [1.82, 2.24) is 15.1 Å². The van der Waals surface area contributed by atoms with E-state index >= 15 is 0 Å². The van der Waals surface area contributed by atoms with Crippen LogP contribution in [-0.2, 0) is 0 Å². The molecular weight excluding hydrogens is 204 g/mol. The van der Waals surface area contributed by atoms with Crippen LogP contribution in [0.25, 0.3) is 0 Å². The summed E-state index contributed by atoms with van der Waals surface area (Å²) >= 11 is 0. The van der Waals surface area contributed by atoms with E-state index < -0.39 is 0 Å². The van der Waals surface area contributed by atoms with Crippen LogP contribution in [0.4, 0.5) is 5.82 Å². The van der Waals surface area contributed by atoms with Gasteiger partial charge in [0.1, 0.15) is 5.82 Å². The Morgan fingerprint density at radius 3 is 2.69 bits per heavy atom. The van der Waals surface area contributed by atoms with Crippen LogP contribution in [0.5, 0.6) is 0 Å². The van der Waals surface area contributed by atoms with E-state index in [1.54, 1.807) is 31.1 Å². The quantitative estimate of drug-likeness (QED) is 0.818. The van der Waals surface area contributed by atoms with E-state index in [1.165, 1.54) is 0 Å². The maximum atomic E-state index is 11.9. The SMILES string of the molecule is CCCCN(C)C(=O)c1ccc(NC)nn1. The number of hydrogen-bond donors (Lipinski definition) is 1. The molecule has 1 heterocycles. The topological polar surface area (TPSA) is 58.1 Å². The minimum atomic E-state index is -0.0800. The van der Waals surface area contributed by atoms with Gasteiger partial charge in [-0.25, -0.2) is 0 Å². The molecule has 5 nitrogen and oxygen atoms in total. The van der Waals surface area contributed by atoms with Crippen LogP contribution in [0.1, 0.15) is 30.3 Å². The number of nitrogens with one attached hydrogen (secondary N) is 1. The monoisotopic (exact) mass is 222 g/mol. The molecule has 1 rings (SSSR count). The molecule has 0 aliphatic rings. The predicted molar refractivity (Wildman–Crippen MR) is 63.4 cm³/mol. The van der Waals surface area contributed by atoms with Gasteiger partial charge in [0.05, 0.1) is 0 Å². The molecule has 1 N–H and O–H groups in total. The van der Waals surface area contributed by atoms with Gasteiger partial charge in [-0.05, 0) is 18.6 Å². The molecule has 88 valence electrons. The van der Waals surface area contributed by atoms with E-state index in [0.717, 1.165) is 19.4 Å². The minimum absolute atomic E-state index is 0.0800. The molecule has 1 aromatic rings.